The zero-order valence-corrected chi connectivity index (χ0v) is 15.3. The SMILES string of the molecule is O=C(COc1ccc(Br)cc1)Nc1ccc(OCC2CCCO2)cc1. The molecule has 1 fully saturated rings. The molecule has 2 aromatic carbocycles. The molecule has 1 heterocycles. The van der Waals surface area contributed by atoms with Gasteiger partial charge >= 0.3 is 0 Å². The predicted octanol–water partition coefficient (Wildman–Crippen LogP) is 4.02. The molecule has 1 atom stereocenters. The smallest absolute Gasteiger partial charge is 0.262 e. The van der Waals surface area contributed by atoms with Gasteiger partial charge in [0, 0.05) is 16.8 Å². The van der Waals surface area contributed by atoms with Gasteiger partial charge in [0.1, 0.15) is 18.1 Å². The third-order valence-electron chi connectivity index (χ3n) is 3.78. The summed E-state index contributed by atoms with van der Waals surface area (Å²) in [7, 11) is 0. The Morgan fingerprint density at radius 3 is 2.44 bits per heavy atom. The largest absolute Gasteiger partial charge is 0.491 e. The summed E-state index contributed by atoms with van der Waals surface area (Å²) in [6.07, 6.45) is 2.34. The van der Waals surface area contributed by atoms with Gasteiger partial charge in [-0.15, -0.1) is 0 Å². The molecule has 0 saturated carbocycles. The van der Waals surface area contributed by atoms with E-state index >= 15 is 0 Å². The average molecular weight is 406 g/mol. The van der Waals surface area contributed by atoms with Crippen molar-refractivity contribution in [1.29, 1.82) is 0 Å². The minimum absolute atomic E-state index is 0.0428. The molecule has 6 heteroatoms. The van der Waals surface area contributed by atoms with Crippen LogP contribution in [0.25, 0.3) is 0 Å². The molecule has 1 unspecified atom stereocenters. The highest BCUT2D eigenvalue weighted by atomic mass is 79.9. The van der Waals surface area contributed by atoms with Crippen LogP contribution in [0.3, 0.4) is 0 Å². The second kappa shape index (κ2) is 8.87. The van der Waals surface area contributed by atoms with E-state index in [-0.39, 0.29) is 18.6 Å². The fourth-order valence-corrected chi connectivity index (χ4v) is 2.74. The summed E-state index contributed by atoms with van der Waals surface area (Å²) in [4.78, 5) is 11.9. The standard InChI is InChI=1S/C19H20BrNO4/c20-14-3-7-16(8-4-14)25-13-19(22)21-15-5-9-17(10-6-15)24-12-18-2-1-11-23-18/h3-10,18H,1-2,11-13H2,(H,21,22). The number of halogens is 1. The number of rotatable bonds is 7. The molecule has 5 nitrogen and oxygen atoms in total. The topological polar surface area (TPSA) is 56.8 Å². The lowest BCUT2D eigenvalue weighted by molar-refractivity contribution is -0.118. The molecular formula is C19H20BrNO4. The van der Waals surface area contributed by atoms with Crippen molar-refractivity contribution in [1.82, 2.24) is 0 Å². The molecule has 1 amide bonds. The summed E-state index contributed by atoms with van der Waals surface area (Å²) >= 11 is 3.35. The number of amides is 1. The van der Waals surface area contributed by atoms with Gasteiger partial charge in [-0.2, -0.15) is 0 Å². The lowest BCUT2D eigenvalue weighted by Gasteiger charge is -2.12. The number of hydrogen-bond donors (Lipinski definition) is 1. The highest BCUT2D eigenvalue weighted by Gasteiger charge is 2.15. The van der Waals surface area contributed by atoms with Gasteiger partial charge in [-0.25, -0.2) is 0 Å². The molecule has 0 radical (unpaired) electrons. The fourth-order valence-electron chi connectivity index (χ4n) is 2.48. The second-order valence-electron chi connectivity index (χ2n) is 5.76. The highest BCUT2D eigenvalue weighted by Crippen LogP contribution is 2.19. The van der Waals surface area contributed by atoms with Gasteiger partial charge in [-0.1, -0.05) is 15.9 Å². The summed E-state index contributed by atoms with van der Waals surface area (Å²) < 4.78 is 17.6. The van der Waals surface area contributed by atoms with Gasteiger partial charge in [0.2, 0.25) is 0 Å². The van der Waals surface area contributed by atoms with Crippen LogP contribution in [0.5, 0.6) is 11.5 Å². The summed E-state index contributed by atoms with van der Waals surface area (Å²) in [5.41, 5.74) is 0.703. The van der Waals surface area contributed by atoms with Gasteiger partial charge < -0.3 is 19.5 Å². The lowest BCUT2D eigenvalue weighted by atomic mass is 10.2. The van der Waals surface area contributed by atoms with E-state index in [1.165, 1.54) is 0 Å². The van der Waals surface area contributed by atoms with Gasteiger partial charge in [0.15, 0.2) is 6.61 Å². The maximum atomic E-state index is 11.9. The monoisotopic (exact) mass is 405 g/mol. The van der Waals surface area contributed by atoms with Crippen LogP contribution in [0.4, 0.5) is 5.69 Å². The first-order chi connectivity index (χ1) is 12.2. The van der Waals surface area contributed by atoms with Crippen LogP contribution in [0.15, 0.2) is 53.0 Å². The van der Waals surface area contributed by atoms with E-state index in [1.54, 1.807) is 12.1 Å². The molecule has 3 rings (SSSR count). The van der Waals surface area contributed by atoms with Crippen molar-refractivity contribution in [2.45, 2.75) is 18.9 Å². The van der Waals surface area contributed by atoms with Crippen molar-refractivity contribution < 1.29 is 19.0 Å². The van der Waals surface area contributed by atoms with Crippen LogP contribution < -0.4 is 14.8 Å². The van der Waals surface area contributed by atoms with Crippen LogP contribution in [-0.2, 0) is 9.53 Å². The van der Waals surface area contributed by atoms with Crippen LogP contribution in [0.2, 0.25) is 0 Å². The zero-order chi connectivity index (χ0) is 17.5. The Kier molecular flexibility index (Phi) is 6.30. The Balaban J connectivity index is 1.42. The molecule has 0 spiro atoms. The lowest BCUT2D eigenvalue weighted by Crippen LogP contribution is -2.20. The van der Waals surface area contributed by atoms with E-state index in [0.717, 1.165) is 29.7 Å². The molecular weight excluding hydrogens is 386 g/mol. The molecule has 1 aliphatic rings. The Labute approximate surface area is 155 Å². The van der Waals surface area contributed by atoms with E-state index in [4.69, 9.17) is 14.2 Å². The Morgan fingerprint density at radius 1 is 1.08 bits per heavy atom. The molecule has 2 aromatic rings. The van der Waals surface area contributed by atoms with Crippen LogP contribution in [0.1, 0.15) is 12.8 Å². The van der Waals surface area contributed by atoms with E-state index in [9.17, 15) is 4.79 Å². The molecule has 1 N–H and O–H groups in total. The molecule has 25 heavy (non-hydrogen) atoms. The van der Waals surface area contributed by atoms with Gasteiger partial charge in [-0.3, -0.25) is 4.79 Å². The van der Waals surface area contributed by atoms with Crippen LogP contribution in [0, 0.1) is 0 Å². The van der Waals surface area contributed by atoms with Crippen molar-refractivity contribution in [3.8, 4) is 11.5 Å². The summed E-state index contributed by atoms with van der Waals surface area (Å²) in [5, 5.41) is 2.79. The number of benzene rings is 2. The Morgan fingerprint density at radius 2 is 1.76 bits per heavy atom. The van der Waals surface area contributed by atoms with Crippen molar-refractivity contribution in [3.05, 3.63) is 53.0 Å². The Bertz CT molecular complexity index is 682. The van der Waals surface area contributed by atoms with Crippen molar-refractivity contribution in [2.75, 3.05) is 25.1 Å². The average Bonchev–Trinajstić information content (AvgIpc) is 3.14. The Hall–Kier alpha value is -2.05. The van der Waals surface area contributed by atoms with Crippen LogP contribution in [-0.4, -0.2) is 31.8 Å². The third kappa shape index (κ3) is 5.76. The minimum Gasteiger partial charge on any atom is -0.491 e. The molecule has 1 aliphatic heterocycles. The number of nitrogens with one attached hydrogen (secondary N) is 1. The number of carbonyl (C=O) groups excluding carboxylic acids is 1. The van der Waals surface area contributed by atoms with Crippen molar-refractivity contribution >= 4 is 27.5 Å². The first-order valence-electron chi connectivity index (χ1n) is 8.22. The molecule has 0 aromatic heterocycles. The van der Waals surface area contributed by atoms with Crippen molar-refractivity contribution in [2.24, 2.45) is 0 Å². The highest BCUT2D eigenvalue weighted by molar-refractivity contribution is 9.10. The molecule has 1 saturated heterocycles. The maximum absolute atomic E-state index is 11.9. The maximum Gasteiger partial charge on any atom is 0.262 e. The van der Waals surface area contributed by atoms with E-state index in [2.05, 4.69) is 21.2 Å². The van der Waals surface area contributed by atoms with Gasteiger partial charge in [0.25, 0.3) is 5.91 Å². The molecule has 0 aliphatic carbocycles. The molecule has 0 bridgehead atoms. The molecule has 132 valence electrons. The number of anilines is 1. The second-order valence-corrected chi connectivity index (χ2v) is 6.68. The quantitative estimate of drug-likeness (QED) is 0.755. The number of ether oxygens (including phenoxy) is 3. The van der Waals surface area contributed by atoms with E-state index in [0.29, 0.717) is 18.0 Å². The first kappa shape index (κ1) is 17.8. The zero-order valence-electron chi connectivity index (χ0n) is 13.7. The van der Waals surface area contributed by atoms with E-state index in [1.807, 2.05) is 36.4 Å². The van der Waals surface area contributed by atoms with Crippen molar-refractivity contribution in [3.63, 3.8) is 0 Å². The summed E-state index contributed by atoms with van der Waals surface area (Å²) in [6.45, 7) is 1.34. The van der Waals surface area contributed by atoms with Crippen LogP contribution >= 0.6 is 15.9 Å². The van der Waals surface area contributed by atoms with Gasteiger partial charge in [0.05, 0.1) is 6.10 Å². The minimum atomic E-state index is -0.212. The number of carbonyl (C=O) groups is 1. The summed E-state index contributed by atoms with van der Waals surface area (Å²) in [5.74, 6) is 1.20. The van der Waals surface area contributed by atoms with Gasteiger partial charge in [-0.05, 0) is 61.4 Å². The summed E-state index contributed by atoms with van der Waals surface area (Å²) in [6, 6.07) is 14.6. The van der Waals surface area contributed by atoms with E-state index < -0.39 is 0 Å². The third-order valence-corrected chi connectivity index (χ3v) is 4.31. The fraction of sp³-hybridized carbons (Fsp3) is 0.316. The first-order valence-corrected chi connectivity index (χ1v) is 9.01. The normalized spacial score (nSPS) is 16.4. The number of hydrogen-bond acceptors (Lipinski definition) is 4. The predicted molar refractivity (Wildman–Crippen MR) is 99.2 cm³/mol.